The molecular formula is C6H15N3O. The van der Waals surface area contributed by atoms with E-state index in [4.69, 9.17) is 0 Å². The molecule has 0 aromatic carbocycles. The Morgan fingerprint density at radius 1 is 1.40 bits per heavy atom. The quantitative estimate of drug-likeness (QED) is 0.244. The standard InChI is InChI=1S/C4H7NO.C2H4.H4N2/c6-4-2-1-3-5-4;2*1-2/h1-3H2,(H,5,6);2*1-2H2. The maximum absolute atomic E-state index is 10.1. The molecular weight excluding hydrogens is 130 g/mol. The molecule has 60 valence electrons. The Labute approximate surface area is 61.2 Å². The molecule has 0 aromatic rings. The van der Waals surface area contributed by atoms with Crippen LogP contribution in [0.3, 0.4) is 0 Å². The van der Waals surface area contributed by atoms with E-state index >= 15 is 0 Å². The topological polar surface area (TPSA) is 81.1 Å². The van der Waals surface area contributed by atoms with E-state index in [9.17, 15) is 4.79 Å². The molecule has 1 aliphatic heterocycles. The maximum Gasteiger partial charge on any atom is 0.220 e. The number of nitrogens with one attached hydrogen (secondary N) is 1. The van der Waals surface area contributed by atoms with Crippen LogP contribution in [0.4, 0.5) is 0 Å². The largest absolute Gasteiger partial charge is 0.356 e. The van der Waals surface area contributed by atoms with E-state index in [0.717, 1.165) is 19.4 Å². The van der Waals surface area contributed by atoms with E-state index in [0.29, 0.717) is 0 Å². The molecule has 0 aromatic heterocycles. The number of hydrogen-bond donors (Lipinski definition) is 3. The monoisotopic (exact) mass is 145 g/mol. The van der Waals surface area contributed by atoms with Crippen molar-refractivity contribution in [3.8, 4) is 0 Å². The molecule has 0 aliphatic carbocycles. The Morgan fingerprint density at radius 3 is 2.00 bits per heavy atom. The molecule has 0 atom stereocenters. The highest BCUT2D eigenvalue weighted by Gasteiger charge is 2.05. The van der Waals surface area contributed by atoms with Gasteiger partial charge in [0.1, 0.15) is 0 Å². The molecule has 10 heavy (non-hydrogen) atoms. The smallest absolute Gasteiger partial charge is 0.220 e. The summed E-state index contributed by atoms with van der Waals surface area (Å²) in [6.07, 6.45) is 1.76. The lowest BCUT2D eigenvalue weighted by molar-refractivity contribution is -0.119. The molecule has 1 aliphatic rings. The van der Waals surface area contributed by atoms with Gasteiger partial charge in [-0.3, -0.25) is 16.5 Å². The minimum absolute atomic E-state index is 0.204. The van der Waals surface area contributed by atoms with Gasteiger partial charge in [-0.05, 0) is 6.42 Å². The van der Waals surface area contributed by atoms with Crippen molar-refractivity contribution in [3.05, 3.63) is 13.2 Å². The van der Waals surface area contributed by atoms with E-state index in [1.807, 2.05) is 0 Å². The molecule has 1 amide bonds. The van der Waals surface area contributed by atoms with Gasteiger partial charge in [0.2, 0.25) is 5.91 Å². The van der Waals surface area contributed by atoms with Crippen molar-refractivity contribution in [1.29, 1.82) is 0 Å². The van der Waals surface area contributed by atoms with E-state index in [2.05, 4.69) is 30.2 Å². The molecule has 0 radical (unpaired) electrons. The minimum atomic E-state index is 0.204. The van der Waals surface area contributed by atoms with Crippen molar-refractivity contribution in [2.45, 2.75) is 12.8 Å². The number of amides is 1. The molecule has 0 unspecified atom stereocenters. The van der Waals surface area contributed by atoms with E-state index in [1.165, 1.54) is 0 Å². The van der Waals surface area contributed by atoms with Crippen LogP contribution >= 0.6 is 0 Å². The van der Waals surface area contributed by atoms with E-state index < -0.39 is 0 Å². The number of nitrogens with two attached hydrogens (primary N) is 2. The predicted octanol–water partition coefficient (Wildman–Crippen LogP) is -0.483. The van der Waals surface area contributed by atoms with Gasteiger partial charge in [0.05, 0.1) is 0 Å². The normalized spacial score (nSPS) is 13.6. The highest BCUT2D eigenvalue weighted by molar-refractivity contribution is 5.77. The first-order chi connectivity index (χ1) is 4.89. The average molecular weight is 145 g/mol. The van der Waals surface area contributed by atoms with Crippen molar-refractivity contribution in [2.75, 3.05) is 6.54 Å². The van der Waals surface area contributed by atoms with Crippen molar-refractivity contribution in [1.82, 2.24) is 5.32 Å². The van der Waals surface area contributed by atoms with Crippen LogP contribution in [0.2, 0.25) is 0 Å². The van der Waals surface area contributed by atoms with Crippen LogP contribution < -0.4 is 17.0 Å². The van der Waals surface area contributed by atoms with Crippen LogP contribution in [0.5, 0.6) is 0 Å². The highest BCUT2D eigenvalue weighted by atomic mass is 16.1. The minimum Gasteiger partial charge on any atom is -0.356 e. The third-order valence-electron chi connectivity index (χ3n) is 0.903. The van der Waals surface area contributed by atoms with E-state index in [1.54, 1.807) is 0 Å². The van der Waals surface area contributed by atoms with Crippen LogP contribution in [0, 0.1) is 0 Å². The molecule has 4 nitrogen and oxygen atoms in total. The summed E-state index contributed by atoms with van der Waals surface area (Å²) >= 11 is 0. The number of rotatable bonds is 0. The van der Waals surface area contributed by atoms with Crippen molar-refractivity contribution in [2.24, 2.45) is 11.7 Å². The Bertz CT molecular complexity index is 77.1. The number of carbonyl (C=O) groups excluding carboxylic acids is 1. The molecule has 4 heteroatoms. The van der Waals surface area contributed by atoms with Crippen LogP contribution in [0.1, 0.15) is 12.8 Å². The van der Waals surface area contributed by atoms with Crippen molar-refractivity contribution < 1.29 is 4.79 Å². The molecule has 0 spiro atoms. The fraction of sp³-hybridized carbons (Fsp3) is 0.500. The van der Waals surface area contributed by atoms with Crippen LogP contribution in [-0.4, -0.2) is 12.5 Å². The summed E-state index contributed by atoms with van der Waals surface area (Å²) in [5.74, 6) is 8.20. The molecule has 1 fully saturated rings. The third kappa shape index (κ3) is 7.13. The fourth-order valence-corrected chi connectivity index (χ4v) is 0.565. The number of hydrazine groups is 1. The summed E-state index contributed by atoms with van der Waals surface area (Å²) in [5, 5.41) is 2.68. The van der Waals surface area contributed by atoms with Gasteiger partial charge in [-0.2, -0.15) is 0 Å². The van der Waals surface area contributed by atoms with Gasteiger partial charge in [-0.15, -0.1) is 13.2 Å². The Balaban J connectivity index is 0. The zero-order chi connectivity index (χ0) is 8.41. The molecule has 1 heterocycles. The third-order valence-corrected chi connectivity index (χ3v) is 0.903. The summed E-state index contributed by atoms with van der Waals surface area (Å²) in [5.41, 5.74) is 0. The lowest BCUT2D eigenvalue weighted by atomic mass is 10.4. The van der Waals surface area contributed by atoms with Crippen molar-refractivity contribution >= 4 is 5.91 Å². The summed E-state index contributed by atoms with van der Waals surface area (Å²) in [7, 11) is 0. The van der Waals surface area contributed by atoms with Gasteiger partial charge in [0.25, 0.3) is 0 Å². The highest BCUT2D eigenvalue weighted by Crippen LogP contribution is 1.93. The zero-order valence-corrected chi connectivity index (χ0v) is 6.10. The number of hydrogen-bond acceptors (Lipinski definition) is 3. The van der Waals surface area contributed by atoms with Gasteiger partial charge >= 0.3 is 0 Å². The Hall–Kier alpha value is -0.870. The van der Waals surface area contributed by atoms with Crippen LogP contribution in [0.25, 0.3) is 0 Å². The van der Waals surface area contributed by atoms with Crippen molar-refractivity contribution in [3.63, 3.8) is 0 Å². The Kier molecular flexibility index (Phi) is 13.1. The van der Waals surface area contributed by atoms with Gasteiger partial charge in [0.15, 0.2) is 0 Å². The molecule has 0 saturated carbocycles. The SMILES string of the molecule is C=C.NN.O=C1CCCN1. The lowest BCUT2D eigenvalue weighted by Gasteiger charge is -1.80. The molecule has 1 saturated heterocycles. The van der Waals surface area contributed by atoms with Crippen LogP contribution in [0.15, 0.2) is 13.2 Å². The van der Waals surface area contributed by atoms with Gasteiger partial charge in [0, 0.05) is 13.0 Å². The first-order valence-corrected chi connectivity index (χ1v) is 2.99. The second-order valence-electron chi connectivity index (χ2n) is 1.45. The number of carbonyl (C=O) groups is 1. The van der Waals surface area contributed by atoms with Gasteiger partial charge < -0.3 is 5.32 Å². The second-order valence-corrected chi connectivity index (χ2v) is 1.45. The van der Waals surface area contributed by atoms with Gasteiger partial charge in [-0.1, -0.05) is 0 Å². The average Bonchev–Trinajstić information content (AvgIpc) is 2.48. The maximum atomic E-state index is 10.1. The Morgan fingerprint density at radius 2 is 1.90 bits per heavy atom. The first-order valence-electron chi connectivity index (χ1n) is 2.99. The van der Waals surface area contributed by atoms with E-state index in [-0.39, 0.29) is 5.91 Å². The summed E-state index contributed by atoms with van der Waals surface area (Å²) < 4.78 is 0. The zero-order valence-electron chi connectivity index (χ0n) is 6.10. The van der Waals surface area contributed by atoms with Crippen LogP contribution in [-0.2, 0) is 4.79 Å². The summed E-state index contributed by atoms with van der Waals surface area (Å²) in [6, 6.07) is 0. The lowest BCUT2D eigenvalue weighted by Crippen LogP contribution is -2.12. The molecule has 5 N–H and O–H groups in total. The summed E-state index contributed by atoms with van der Waals surface area (Å²) in [4.78, 5) is 10.1. The van der Waals surface area contributed by atoms with Gasteiger partial charge in [-0.25, -0.2) is 0 Å². The fourth-order valence-electron chi connectivity index (χ4n) is 0.565. The first kappa shape index (κ1) is 11.9. The molecule has 1 rings (SSSR count). The molecule has 0 bridgehead atoms. The second kappa shape index (κ2) is 11.0. The predicted molar refractivity (Wildman–Crippen MR) is 41.9 cm³/mol. The summed E-state index contributed by atoms with van der Waals surface area (Å²) in [6.45, 7) is 6.89.